The van der Waals surface area contributed by atoms with Crippen LogP contribution in [0.5, 0.6) is 0 Å². The first kappa shape index (κ1) is 15.9. The molecule has 2 aromatic rings. The lowest BCUT2D eigenvalue weighted by atomic mass is 9.97. The third-order valence-electron chi connectivity index (χ3n) is 4.51. The van der Waals surface area contributed by atoms with Crippen molar-refractivity contribution in [3.63, 3.8) is 0 Å². The summed E-state index contributed by atoms with van der Waals surface area (Å²) in [5.41, 5.74) is 1.11. The molecule has 124 valence electrons. The van der Waals surface area contributed by atoms with Gasteiger partial charge in [0.1, 0.15) is 23.8 Å². The Labute approximate surface area is 138 Å². The van der Waals surface area contributed by atoms with E-state index in [1.54, 1.807) is 0 Å². The van der Waals surface area contributed by atoms with Crippen molar-refractivity contribution in [1.29, 1.82) is 0 Å². The van der Waals surface area contributed by atoms with Gasteiger partial charge in [0.15, 0.2) is 0 Å². The molecule has 0 saturated carbocycles. The monoisotopic (exact) mass is 314 g/mol. The van der Waals surface area contributed by atoms with Crippen LogP contribution in [-0.2, 0) is 6.42 Å². The third-order valence-corrected chi connectivity index (χ3v) is 4.51. The minimum Gasteiger partial charge on any atom is -0.356 e. The molecule has 1 aliphatic rings. The Morgan fingerprint density at radius 3 is 2.87 bits per heavy atom. The van der Waals surface area contributed by atoms with Crippen molar-refractivity contribution in [2.24, 2.45) is 0 Å². The van der Waals surface area contributed by atoms with E-state index in [0.29, 0.717) is 12.0 Å². The van der Waals surface area contributed by atoms with Gasteiger partial charge in [-0.15, -0.1) is 10.2 Å². The van der Waals surface area contributed by atoms with Crippen molar-refractivity contribution >= 4 is 5.82 Å². The topological polar surface area (TPSA) is 59.7 Å². The Morgan fingerprint density at radius 2 is 2.13 bits per heavy atom. The average molecular weight is 314 g/mol. The van der Waals surface area contributed by atoms with Gasteiger partial charge in [-0.25, -0.2) is 9.97 Å². The molecule has 1 atom stereocenters. The van der Waals surface area contributed by atoms with Crippen molar-refractivity contribution in [1.82, 2.24) is 24.7 Å². The van der Waals surface area contributed by atoms with E-state index in [4.69, 9.17) is 0 Å². The number of aromatic nitrogens is 5. The maximum Gasteiger partial charge on any atom is 0.137 e. The highest BCUT2D eigenvalue weighted by Gasteiger charge is 2.27. The second-order valence-corrected chi connectivity index (χ2v) is 6.59. The summed E-state index contributed by atoms with van der Waals surface area (Å²) < 4.78 is 2.19. The van der Waals surface area contributed by atoms with Gasteiger partial charge in [-0.3, -0.25) is 0 Å². The average Bonchev–Trinajstić information content (AvgIpc) is 3.04. The van der Waals surface area contributed by atoms with Gasteiger partial charge in [0.2, 0.25) is 0 Å². The molecule has 1 saturated heterocycles. The summed E-state index contributed by atoms with van der Waals surface area (Å²) in [6.07, 6.45) is 5.10. The fourth-order valence-electron chi connectivity index (χ4n) is 3.29. The van der Waals surface area contributed by atoms with Gasteiger partial charge in [0, 0.05) is 36.8 Å². The molecule has 0 bridgehead atoms. The predicted octanol–water partition coefficient (Wildman–Crippen LogP) is 2.90. The highest BCUT2D eigenvalue weighted by Crippen LogP contribution is 2.29. The van der Waals surface area contributed by atoms with E-state index in [-0.39, 0.29) is 0 Å². The molecule has 2 aromatic heterocycles. The molecule has 6 nitrogen and oxygen atoms in total. The van der Waals surface area contributed by atoms with Gasteiger partial charge < -0.3 is 9.47 Å². The molecule has 0 aliphatic carbocycles. The van der Waals surface area contributed by atoms with Crippen LogP contribution in [0.2, 0.25) is 0 Å². The maximum atomic E-state index is 4.65. The van der Waals surface area contributed by atoms with E-state index >= 15 is 0 Å². The van der Waals surface area contributed by atoms with Crippen LogP contribution in [-0.4, -0.2) is 37.8 Å². The molecule has 0 amide bonds. The van der Waals surface area contributed by atoms with E-state index in [1.807, 2.05) is 13.3 Å². The van der Waals surface area contributed by atoms with E-state index in [0.717, 1.165) is 55.5 Å². The molecule has 0 spiro atoms. The lowest BCUT2D eigenvalue weighted by Crippen LogP contribution is -2.36. The Kier molecular flexibility index (Phi) is 4.59. The van der Waals surface area contributed by atoms with Crippen LogP contribution >= 0.6 is 0 Å². The molecular formula is C17H26N6. The van der Waals surface area contributed by atoms with E-state index in [9.17, 15) is 0 Å². The van der Waals surface area contributed by atoms with E-state index in [2.05, 4.69) is 56.5 Å². The summed E-state index contributed by atoms with van der Waals surface area (Å²) in [7, 11) is 0. The van der Waals surface area contributed by atoms with Gasteiger partial charge in [-0.1, -0.05) is 6.92 Å². The van der Waals surface area contributed by atoms with Crippen LogP contribution in [0.15, 0.2) is 12.4 Å². The predicted molar refractivity (Wildman–Crippen MR) is 90.7 cm³/mol. The first-order valence-corrected chi connectivity index (χ1v) is 8.57. The van der Waals surface area contributed by atoms with Gasteiger partial charge in [-0.05, 0) is 40.0 Å². The highest BCUT2D eigenvalue weighted by molar-refractivity contribution is 5.41. The highest BCUT2D eigenvalue weighted by atomic mass is 15.3. The molecule has 3 rings (SSSR count). The largest absolute Gasteiger partial charge is 0.356 e. The number of aryl methyl sites for hydroxylation is 2. The zero-order valence-electron chi connectivity index (χ0n) is 14.5. The quantitative estimate of drug-likeness (QED) is 0.868. The zero-order valence-corrected chi connectivity index (χ0v) is 14.5. The fraction of sp³-hybridized carbons (Fsp3) is 0.647. The third kappa shape index (κ3) is 3.35. The second kappa shape index (κ2) is 6.64. The van der Waals surface area contributed by atoms with Gasteiger partial charge in [-0.2, -0.15) is 0 Å². The van der Waals surface area contributed by atoms with E-state index < -0.39 is 0 Å². The number of piperidine rings is 1. The molecule has 0 radical (unpaired) electrons. The molecule has 23 heavy (non-hydrogen) atoms. The molecule has 3 heterocycles. The van der Waals surface area contributed by atoms with E-state index in [1.165, 1.54) is 0 Å². The Morgan fingerprint density at radius 1 is 1.30 bits per heavy atom. The number of rotatable bonds is 4. The summed E-state index contributed by atoms with van der Waals surface area (Å²) in [5.74, 6) is 3.42. The van der Waals surface area contributed by atoms with Crippen LogP contribution in [0, 0.1) is 6.92 Å². The van der Waals surface area contributed by atoms with Crippen molar-refractivity contribution in [3.8, 4) is 0 Å². The first-order chi connectivity index (χ1) is 11.1. The Bertz CT molecular complexity index is 663. The van der Waals surface area contributed by atoms with Gasteiger partial charge in [0.05, 0.1) is 0 Å². The van der Waals surface area contributed by atoms with Crippen molar-refractivity contribution in [2.45, 2.75) is 58.9 Å². The summed E-state index contributed by atoms with van der Waals surface area (Å²) in [6.45, 7) is 10.5. The molecular weight excluding hydrogens is 288 g/mol. The molecule has 1 aliphatic heterocycles. The standard InChI is InChI=1S/C17H26N6/c1-5-15-9-16(20-13(4)19-15)22-8-6-7-14(10-22)17-21-18-11-23(17)12(2)3/h9,11-12,14H,5-8,10H2,1-4H3. The van der Waals surface area contributed by atoms with Crippen LogP contribution in [0.4, 0.5) is 5.82 Å². The second-order valence-electron chi connectivity index (χ2n) is 6.59. The number of hydrogen-bond donors (Lipinski definition) is 0. The molecule has 0 N–H and O–H groups in total. The smallest absolute Gasteiger partial charge is 0.137 e. The van der Waals surface area contributed by atoms with Gasteiger partial charge >= 0.3 is 0 Å². The van der Waals surface area contributed by atoms with Crippen LogP contribution < -0.4 is 4.90 Å². The lowest BCUT2D eigenvalue weighted by molar-refractivity contribution is 0.453. The van der Waals surface area contributed by atoms with Crippen LogP contribution in [0.3, 0.4) is 0 Å². The van der Waals surface area contributed by atoms with Crippen molar-refractivity contribution in [3.05, 3.63) is 29.7 Å². The molecule has 1 fully saturated rings. The van der Waals surface area contributed by atoms with Crippen molar-refractivity contribution in [2.75, 3.05) is 18.0 Å². The Hall–Kier alpha value is -1.98. The minimum atomic E-state index is 0.392. The number of nitrogens with zero attached hydrogens (tertiary/aromatic N) is 6. The molecule has 6 heteroatoms. The summed E-state index contributed by atoms with van der Waals surface area (Å²) >= 11 is 0. The number of hydrogen-bond acceptors (Lipinski definition) is 5. The van der Waals surface area contributed by atoms with Crippen LogP contribution in [0.1, 0.15) is 62.9 Å². The normalized spacial score (nSPS) is 18.7. The summed E-state index contributed by atoms with van der Waals surface area (Å²) in [4.78, 5) is 11.5. The van der Waals surface area contributed by atoms with Crippen molar-refractivity contribution < 1.29 is 0 Å². The minimum absolute atomic E-state index is 0.392. The van der Waals surface area contributed by atoms with Crippen LogP contribution in [0.25, 0.3) is 0 Å². The SMILES string of the molecule is CCc1cc(N2CCCC(c3nncn3C(C)C)C2)nc(C)n1. The summed E-state index contributed by atoms with van der Waals surface area (Å²) in [6, 6.07) is 2.52. The zero-order chi connectivity index (χ0) is 16.4. The Balaban J connectivity index is 1.83. The first-order valence-electron chi connectivity index (χ1n) is 8.57. The number of anilines is 1. The fourth-order valence-corrected chi connectivity index (χ4v) is 3.29. The maximum absolute atomic E-state index is 4.65. The molecule has 0 aromatic carbocycles. The van der Waals surface area contributed by atoms with Gasteiger partial charge in [0.25, 0.3) is 0 Å². The lowest BCUT2D eigenvalue weighted by Gasteiger charge is -2.33. The summed E-state index contributed by atoms with van der Waals surface area (Å²) in [5, 5.41) is 8.52. The molecule has 1 unspecified atom stereocenters.